The maximum atomic E-state index is 14.0. The van der Waals surface area contributed by atoms with Crippen LogP contribution in [-0.2, 0) is 38.0 Å². The first kappa shape index (κ1) is 50.5. The number of fused-ring (bicyclic) bond motifs is 7. The van der Waals surface area contributed by atoms with E-state index in [1.807, 2.05) is 0 Å². The molecule has 0 bridgehead atoms. The van der Waals surface area contributed by atoms with Gasteiger partial charge in [-0.15, -0.1) is 0 Å². The zero-order chi connectivity index (χ0) is 48.4. The normalized spacial score (nSPS) is 54.7. The Balaban J connectivity index is 0.992. The molecule has 3 saturated heterocycles. The lowest BCUT2D eigenvalue weighted by molar-refractivity contribution is -0.380. The number of carbonyl (C=O) groups is 2. The van der Waals surface area contributed by atoms with Crippen molar-refractivity contribution in [3.63, 3.8) is 0 Å². The van der Waals surface area contributed by atoms with E-state index >= 15 is 0 Å². The van der Waals surface area contributed by atoms with Gasteiger partial charge >= 0.3 is 11.9 Å². The van der Waals surface area contributed by atoms with Crippen LogP contribution in [0.15, 0.2) is 11.6 Å². The molecular formula is C48H76O18. The topological polar surface area (TPSA) is 292 Å². The average molecular weight is 941 g/mol. The third-order valence-corrected chi connectivity index (χ3v) is 19.5. The lowest BCUT2D eigenvalue weighted by Crippen LogP contribution is -2.68. The highest BCUT2D eigenvalue weighted by Crippen LogP contribution is 2.76. The lowest BCUT2D eigenvalue weighted by Gasteiger charge is -2.70. The third-order valence-electron chi connectivity index (χ3n) is 19.5. The molecule has 10 N–H and O–H groups in total. The number of hydrogen-bond acceptors (Lipinski definition) is 16. The lowest BCUT2D eigenvalue weighted by atomic mass is 9.33. The van der Waals surface area contributed by atoms with Crippen LogP contribution >= 0.6 is 0 Å². The number of aliphatic hydroxyl groups is 8. The largest absolute Gasteiger partial charge is 0.481 e. The fourth-order valence-corrected chi connectivity index (χ4v) is 15.4. The molecule has 0 radical (unpaired) electrons. The quantitative estimate of drug-likeness (QED) is 0.116. The Labute approximate surface area is 386 Å². The molecule has 18 nitrogen and oxygen atoms in total. The SMILES string of the molecule is C[C@@H]1[C@H](C)CC[C@]2(C(=O)O)CC[C@]3(C(=O)O)C(=CC[C@@H]4[C@@]5(C)CC[C@H](O[C@H]6O[C@@H](CO)[C@H](O)[C@@H](O[C@@H]7O[C@@H](C)[C@@H](O[C@@H]8O[C@H](C)[C@H](O)[C@H](O)[C@H]8O)[C@@H](O)[C@H]7O)[C@@H]6O)C(C)(C)[C@H]5CC[C@]43C)[C@@H]12. The molecule has 0 aromatic heterocycles. The van der Waals surface area contributed by atoms with Gasteiger partial charge < -0.3 is 79.5 Å². The molecular weight excluding hydrogens is 865 g/mol. The summed E-state index contributed by atoms with van der Waals surface area (Å²) < 4.78 is 35.9. The first-order valence-corrected chi connectivity index (χ1v) is 24.3. The summed E-state index contributed by atoms with van der Waals surface area (Å²) >= 11 is 0. The molecule has 0 aromatic rings. The Bertz CT molecular complexity index is 1850. The molecule has 18 heteroatoms. The number of carboxylic acid groups (broad SMARTS) is 2. The number of carboxylic acids is 2. The van der Waals surface area contributed by atoms with Crippen molar-refractivity contribution in [3.05, 3.63) is 11.6 Å². The fraction of sp³-hybridized carbons (Fsp3) is 0.917. The maximum absolute atomic E-state index is 14.0. The summed E-state index contributed by atoms with van der Waals surface area (Å²) in [5.74, 6) is -1.76. The first-order valence-electron chi connectivity index (χ1n) is 24.3. The summed E-state index contributed by atoms with van der Waals surface area (Å²) in [4.78, 5) is 27.2. The van der Waals surface area contributed by atoms with E-state index in [0.29, 0.717) is 44.9 Å². The van der Waals surface area contributed by atoms with Gasteiger partial charge in [0, 0.05) is 0 Å². The molecule has 3 heterocycles. The summed E-state index contributed by atoms with van der Waals surface area (Å²) in [7, 11) is 0. The smallest absolute Gasteiger partial charge is 0.314 e. The number of aliphatic carboxylic acids is 2. The number of hydrogen-bond donors (Lipinski definition) is 10. The molecule has 25 atom stereocenters. The molecule has 0 spiro atoms. The van der Waals surface area contributed by atoms with Crippen molar-refractivity contribution < 1.29 is 89.1 Å². The molecule has 8 aliphatic rings. The Hall–Kier alpha value is -1.88. The maximum Gasteiger partial charge on any atom is 0.314 e. The Morgan fingerprint density at radius 2 is 1.26 bits per heavy atom. The summed E-state index contributed by atoms with van der Waals surface area (Å²) in [5.41, 5.74) is -2.91. The zero-order valence-electron chi connectivity index (χ0n) is 39.5. The predicted octanol–water partition coefficient (Wildman–Crippen LogP) is 1.68. The molecule has 66 heavy (non-hydrogen) atoms. The average Bonchev–Trinajstić information content (AvgIpc) is 3.26. The van der Waals surface area contributed by atoms with E-state index < -0.39 is 138 Å². The fourth-order valence-electron chi connectivity index (χ4n) is 15.4. The number of ether oxygens (including phenoxy) is 6. The van der Waals surface area contributed by atoms with Crippen LogP contribution in [0.4, 0.5) is 0 Å². The van der Waals surface area contributed by atoms with Crippen LogP contribution in [0.1, 0.15) is 113 Å². The van der Waals surface area contributed by atoms with E-state index in [4.69, 9.17) is 28.4 Å². The van der Waals surface area contributed by atoms with E-state index in [0.717, 1.165) is 12.0 Å². The van der Waals surface area contributed by atoms with Crippen molar-refractivity contribution in [3.8, 4) is 0 Å². The van der Waals surface area contributed by atoms with E-state index in [-0.39, 0.29) is 41.4 Å². The van der Waals surface area contributed by atoms with Gasteiger partial charge in [0.1, 0.15) is 61.0 Å². The van der Waals surface area contributed by atoms with E-state index in [9.17, 15) is 60.7 Å². The monoisotopic (exact) mass is 941 g/mol. The van der Waals surface area contributed by atoms with E-state index in [2.05, 4.69) is 47.6 Å². The van der Waals surface area contributed by atoms with Gasteiger partial charge in [-0.05, 0) is 117 Å². The summed E-state index contributed by atoms with van der Waals surface area (Å²) in [6.07, 6.45) is -15.5. The molecule has 3 aliphatic heterocycles. The van der Waals surface area contributed by atoms with Crippen molar-refractivity contribution in [1.29, 1.82) is 0 Å². The number of aliphatic hydroxyl groups excluding tert-OH is 8. The van der Waals surface area contributed by atoms with Gasteiger partial charge in [0.2, 0.25) is 0 Å². The van der Waals surface area contributed by atoms with Crippen LogP contribution < -0.4 is 0 Å². The van der Waals surface area contributed by atoms with Crippen LogP contribution in [0, 0.1) is 56.7 Å². The van der Waals surface area contributed by atoms with Crippen LogP contribution in [-0.4, -0.2) is 168 Å². The van der Waals surface area contributed by atoms with Crippen LogP contribution in [0.5, 0.6) is 0 Å². The number of allylic oxidation sites excluding steroid dienone is 1. The molecule has 0 amide bonds. The van der Waals surface area contributed by atoms with Gasteiger partial charge in [-0.3, -0.25) is 9.59 Å². The second kappa shape index (κ2) is 17.8. The van der Waals surface area contributed by atoms with Crippen molar-refractivity contribution in [2.75, 3.05) is 6.61 Å². The Morgan fingerprint density at radius 1 is 0.636 bits per heavy atom. The number of rotatable bonds is 9. The molecule has 4 saturated carbocycles. The predicted molar refractivity (Wildman–Crippen MR) is 230 cm³/mol. The molecule has 376 valence electrons. The summed E-state index contributed by atoms with van der Waals surface area (Å²) in [6.45, 7) is 15.2. The second-order valence-corrected chi connectivity index (χ2v) is 22.8. The Kier molecular flexibility index (Phi) is 13.6. The van der Waals surface area contributed by atoms with Crippen LogP contribution in [0.25, 0.3) is 0 Å². The van der Waals surface area contributed by atoms with Crippen molar-refractivity contribution in [2.45, 2.75) is 211 Å². The second-order valence-electron chi connectivity index (χ2n) is 22.8. The molecule has 0 aromatic carbocycles. The highest BCUT2D eigenvalue weighted by Gasteiger charge is 2.73. The van der Waals surface area contributed by atoms with Crippen LogP contribution in [0.2, 0.25) is 0 Å². The van der Waals surface area contributed by atoms with E-state index in [1.165, 1.54) is 13.8 Å². The molecule has 8 rings (SSSR count). The van der Waals surface area contributed by atoms with Gasteiger partial charge in [-0.25, -0.2) is 0 Å². The van der Waals surface area contributed by atoms with E-state index in [1.54, 1.807) is 0 Å². The van der Waals surface area contributed by atoms with Gasteiger partial charge in [0.25, 0.3) is 0 Å². The zero-order valence-corrected chi connectivity index (χ0v) is 39.5. The highest BCUT2D eigenvalue weighted by atomic mass is 16.8. The van der Waals surface area contributed by atoms with Gasteiger partial charge in [-0.2, -0.15) is 0 Å². The van der Waals surface area contributed by atoms with Crippen molar-refractivity contribution in [2.24, 2.45) is 56.7 Å². The minimum atomic E-state index is -1.82. The summed E-state index contributed by atoms with van der Waals surface area (Å²) in [6, 6.07) is 0. The molecule has 0 unspecified atom stereocenters. The standard InChI is InChI=1S/C48H76O18/c1-20-11-16-47(42(57)58)17-18-48(43(59)60)24(29(47)21(20)2)9-10-27-45(7)14-13-28(44(5,6)26(45)12-15-46(27,48)8)64-41-36(56)38(31(51)25(19-49)63-41)66-40-35(55)33(53)37(23(4)62-40)65-39-34(54)32(52)30(50)22(3)61-39/h9,20-23,25-41,49-56H,10-19H2,1-8H3,(H,57,58)(H,59,60)/t20-,21-,22-,23+,25+,26-,27-,28+,29-,30+,31+,32+,33+,34-,35-,36+,37-,38-,39+,40+,41-,45+,46-,47+,48-/m1/s1. The van der Waals surface area contributed by atoms with Crippen molar-refractivity contribution >= 4 is 11.9 Å². The van der Waals surface area contributed by atoms with Crippen LogP contribution in [0.3, 0.4) is 0 Å². The minimum Gasteiger partial charge on any atom is -0.481 e. The molecule has 7 fully saturated rings. The van der Waals surface area contributed by atoms with Gasteiger partial charge in [0.05, 0.1) is 35.7 Å². The van der Waals surface area contributed by atoms with Gasteiger partial charge in [0.15, 0.2) is 18.9 Å². The summed E-state index contributed by atoms with van der Waals surface area (Å²) in [5, 5.41) is 109. The van der Waals surface area contributed by atoms with Crippen molar-refractivity contribution in [1.82, 2.24) is 0 Å². The Morgan fingerprint density at radius 3 is 1.89 bits per heavy atom. The minimum absolute atomic E-state index is 0.0188. The molecule has 5 aliphatic carbocycles. The highest BCUT2D eigenvalue weighted by molar-refractivity contribution is 5.84. The van der Waals surface area contributed by atoms with Gasteiger partial charge in [-0.1, -0.05) is 53.2 Å². The third kappa shape index (κ3) is 7.40. The first-order chi connectivity index (χ1) is 30.8.